The number of aryl methyl sites for hydroxylation is 1. The highest BCUT2D eigenvalue weighted by atomic mass is 16.1. The van der Waals surface area contributed by atoms with Crippen LogP contribution in [0.25, 0.3) is 5.95 Å². The van der Waals surface area contributed by atoms with Gasteiger partial charge in [-0.25, -0.2) is 4.98 Å². The Kier molecular flexibility index (Phi) is 4.26. The van der Waals surface area contributed by atoms with E-state index in [1.54, 1.807) is 13.8 Å². The van der Waals surface area contributed by atoms with E-state index in [0.717, 1.165) is 18.5 Å². The molecule has 2 aromatic rings. The minimum absolute atomic E-state index is 0.0813. The number of nitrogens with one attached hydrogen (secondary N) is 2. The quantitative estimate of drug-likeness (QED) is 0.893. The summed E-state index contributed by atoms with van der Waals surface area (Å²) in [6.45, 7) is 9.57. The molecule has 134 valence electrons. The van der Waals surface area contributed by atoms with Crippen molar-refractivity contribution in [3.63, 3.8) is 0 Å². The molecule has 1 aliphatic rings. The van der Waals surface area contributed by atoms with Crippen LogP contribution in [0.3, 0.4) is 0 Å². The summed E-state index contributed by atoms with van der Waals surface area (Å²) in [5.41, 5.74) is 1.84. The predicted molar refractivity (Wildman–Crippen MR) is 96.1 cm³/mol. The molecule has 1 fully saturated rings. The molecule has 0 radical (unpaired) electrons. The fraction of sp³-hybridized carbons (Fsp3) is 0.556. The van der Waals surface area contributed by atoms with Gasteiger partial charge in [0.1, 0.15) is 5.82 Å². The Morgan fingerprint density at radius 2 is 2.04 bits per heavy atom. The molecule has 25 heavy (non-hydrogen) atoms. The number of aromatic nitrogens is 4. The van der Waals surface area contributed by atoms with E-state index in [1.807, 2.05) is 26.8 Å². The van der Waals surface area contributed by atoms with E-state index >= 15 is 0 Å². The number of hydrogen-bond donors (Lipinski definition) is 2. The first-order valence-electron chi connectivity index (χ1n) is 8.62. The van der Waals surface area contributed by atoms with Gasteiger partial charge in [-0.2, -0.15) is 9.78 Å². The first-order chi connectivity index (χ1) is 11.6. The first kappa shape index (κ1) is 17.4. The first-order valence-corrected chi connectivity index (χ1v) is 8.62. The molecule has 0 spiro atoms. The Hall–Kier alpha value is -2.44. The Morgan fingerprint density at radius 1 is 1.36 bits per heavy atom. The van der Waals surface area contributed by atoms with Crippen LogP contribution in [0.4, 0.5) is 5.82 Å². The minimum atomic E-state index is -0.196. The zero-order chi connectivity index (χ0) is 18.4. The summed E-state index contributed by atoms with van der Waals surface area (Å²) in [6, 6.07) is 1.88. The number of amides is 1. The second-order valence-corrected chi connectivity index (χ2v) is 8.03. The fourth-order valence-electron chi connectivity index (χ4n) is 2.63. The number of nitrogens with zero attached hydrogens (tertiary/aromatic N) is 3. The van der Waals surface area contributed by atoms with Crippen molar-refractivity contribution >= 4 is 11.7 Å². The number of H-pyrrole nitrogens is 1. The summed E-state index contributed by atoms with van der Waals surface area (Å²) in [5, 5.41) is 7.49. The largest absolute Gasteiger partial charge is 0.310 e. The second-order valence-electron chi connectivity index (χ2n) is 8.03. The van der Waals surface area contributed by atoms with Gasteiger partial charge in [-0.15, -0.1) is 0 Å². The molecular formula is C18H25N5O2. The van der Waals surface area contributed by atoms with Gasteiger partial charge in [-0.05, 0) is 32.1 Å². The topological polar surface area (TPSA) is 92.7 Å². The number of carbonyl (C=O) groups excluding carboxylic acids is 1. The summed E-state index contributed by atoms with van der Waals surface area (Å²) in [4.78, 5) is 31.6. The lowest BCUT2D eigenvalue weighted by Gasteiger charge is -2.17. The van der Waals surface area contributed by atoms with Crippen LogP contribution < -0.4 is 10.9 Å². The molecule has 0 atom stereocenters. The third-order valence-corrected chi connectivity index (χ3v) is 4.27. The SMILES string of the molecule is Cc1nc(-n2nc(C3CC3)cc2NC(=O)CC(C)(C)C)[nH]c(=O)c1C. The molecule has 1 amide bonds. The van der Waals surface area contributed by atoms with Gasteiger partial charge in [-0.1, -0.05) is 20.8 Å². The third-order valence-electron chi connectivity index (χ3n) is 4.27. The number of anilines is 1. The van der Waals surface area contributed by atoms with E-state index in [4.69, 9.17) is 0 Å². The van der Waals surface area contributed by atoms with Crippen LogP contribution in [0.1, 0.15) is 62.9 Å². The average Bonchev–Trinajstić information content (AvgIpc) is 3.24. The summed E-state index contributed by atoms with van der Waals surface area (Å²) < 4.78 is 1.53. The normalized spacial score (nSPS) is 14.6. The molecule has 2 N–H and O–H groups in total. The smallest absolute Gasteiger partial charge is 0.255 e. The van der Waals surface area contributed by atoms with E-state index in [9.17, 15) is 9.59 Å². The summed E-state index contributed by atoms with van der Waals surface area (Å²) in [5.74, 6) is 1.22. The van der Waals surface area contributed by atoms with Crippen molar-refractivity contribution in [2.24, 2.45) is 5.41 Å². The molecule has 0 unspecified atom stereocenters. The lowest BCUT2D eigenvalue weighted by atomic mass is 9.92. The molecule has 0 aromatic carbocycles. The standard InChI is InChI=1S/C18H25N5O2/c1-10-11(2)19-17(21-16(10)25)23-14(8-13(22-23)12-6-7-12)20-15(24)9-18(3,4)5/h8,12H,6-7,9H2,1-5H3,(H,20,24)(H,19,21,25). The fourth-order valence-corrected chi connectivity index (χ4v) is 2.63. The Balaban J connectivity index is 1.98. The molecular weight excluding hydrogens is 318 g/mol. The predicted octanol–water partition coefficient (Wildman–Crippen LogP) is 2.82. The molecule has 0 saturated heterocycles. The highest BCUT2D eigenvalue weighted by Gasteiger charge is 2.28. The van der Waals surface area contributed by atoms with Gasteiger partial charge in [0.15, 0.2) is 0 Å². The van der Waals surface area contributed by atoms with E-state index in [-0.39, 0.29) is 16.9 Å². The van der Waals surface area contributed by atoms with E-state index in [0.29, 0.717) is 35.4 Å². The van der Waals surface area contributed by atoms with Gasteiger partial charge in [-0.3, -0.25) is 14.6 Å². The third kappa shape index (κ3) is 3.97. The number of hydrogen-bond acceptors (Lipinski definition) is 4. The number of aromatic amines is 1. The van der Waals surface area contributed by atoms with E-state index in [1.165, 1.54) is 4.68 Å². The Labute approximate surface area is 146 Å². The van der Waals surface area contributed by atoms with E-state index < -0.39 is 0 Å². The number of rotatable bonds is 4. The second kappa shape index (κ2) is 6.13. The minimum Gasteiger partial charge on any atom is -0.310 e. The van der Waals surface area contributed by atoms with Crippen LogP contribution >= 0.6 is 0 Å². The van der Waals surface area contributed by atoms with Crippen molar-refractivity contribution in [3.05, 3.63) is 33.4 Å². The molecule has 1 aliphatic carbocycles. The highest BCUT2D eigenvalue weighted by molar-refractivity contribution is 5.90. The average molecular weight is 343 g/mol. The Morgan fingerprint density at radius 3 is 2.60 bits per heavy atom. The van der Waals surface area contributed by atoms with Crippen molar-refractivity contribution < 1.29 is 4.79 Å². The van der Waals surface area contributed by atoms with E-state index in [2.05, 4.69) is 20.4 Å². The molecule has 3 rings (SSSR count). The molecule has 0 bridgehead atoms. The highest BCUT2D eigenvalue weighted by Crippen LogP contribution is 2.40. The zero-order valence-electron chi connectivity index (χ0n) is 15.4. The van der Waals surface area contributed by atoms with Gasteiger partial charge < -0.3 is 5.32 Å². The van der Waals surface area contributed by atoms with Crippen LogP contribution in [0, 0.1) is 19.3 Å². The van der Waals surface area contributed by atoms with Gasteiger partial charge in [0, 0.05) is 29.7 Å². The molecule has 7 heteroatoms. The maximum atomic E-state index is 12.3. The molecule has 0 aliphatic heterocycles. The summed E-state index contributed by atoms with van der Waals surface area (Å²) >= 11 is 0. The molecule has 7 nitrogen and oxygen atoms in total. The maximum Gasteiger partial charge on any atom is 0.255 e. The van der Waals surface area contributed by atoms with Crippen molar-refractivity contribution in [3.8, 4) is 5.95 Å². The summed E-state index contributed by atoms with van der Waals surface area (Å²) in [7, 11) is 0. The van der Waals surface area contributed by atoms with Crippen LogP contribution in [0.15, 0.2) is 10.9 Å². The van der Waals surface area contributed by atoms with Crippen LogP contribution in [0.2, 0.25) is 0 Å². The monoisotopic (exact) mass is 343 g/mol. The molecule has 2 heterocycles. The van der Waals surface area contributed by atoms with Crippen molar-refractivity contribution in [2.75, 3.05) is 5.32 Å². The van der Waals surface area contributed by atoms with Gasteiger partial charge in [0.25, 0.3) is 5.56 Å². The van der Waals surface area contributed by atoms with Crippen molar-refractivity contribution in [1.82, 2.24) is 19.7 Å². The Bertz CT molecular complexity index is 869. The van der Waals surface area contributed by atoms with Gasteiger partial charge >= 0.3 is 0 Å². The van der Waals surface area contributed by atoms with Crippen LogP contribution in [-0.2, 0) is 4.79 Å². The van der Waals surface area contributed by atoms with Gasteiger partial charge in [0.05, 0.1) is 5.69 Å². The zero-order valence-corrected chi connectivity index (χ0v) is 15.4. The molecule has 2 aromatic heterocycles. The molecule has 1 saturated carbocycles. The van der Waals surface area contributed by atoms with Crippen LogP contribution in [0.5, 0.6) is 0 Å². The number of carbonyl (C=O) groups is 1. The lowest BCUT2D eigenvalue weighted by Crippen LogP contribution is -2.23. The maximum absolute atomic E-state index is 12.3. The van der Waals surface area contributed by atoms with Crippen LogP contribution in [-0.4, -0.2) is 25.7 Å². The van der Waals surface area contributed by atoms with Crippen molar-refractivity contribution in [2.45, 2.75) is 59.8 Å². The lowest BCUT2D eigenvalue weighted by molar-refractivity contribution is -0.117. The summed E-state index contributed by atoms with van der Waals surface area (Å²) in [6.07, 6.45) is 2.60. The van der Waals surface area contributed by atoms with Crippen molar-refractivity contribution in [1.29, 1.82) is 0 Å². The van der Waals surface area contributed by atoms with Gasteiger partial charge in [0.2, 0.25) is 11.9 Å².